The molecular formula is C17H18N2O5S2. The van der Waals surface area contributed by atoms with Crippen molar-refractivity contribution in [3.8, 4) is 0 Å². The second-order valence-corrected chi connectivity index (χ2v) is 9.10. The van der Waals surface area contributed by atoms with Crippen LogP contribution in [0.4, 0.5) is 0 Å². The van der Waals surface area contributed by atoms with E-state index in [1.54, 1.807) is 11.4 Å². The van der Waals surface area contributed by atoms with Gasteiger partial charge in [-0.15, -0.1) is 11.3 Å². The standard InChI is InChI=1S/C17H18N2O5S2/c1-11(17(21)22)18-16(20)14-9-12-5-2-3-6-13(12)10-19(14)26(23,24)15-7-4-8-25-15/h2-8,11,14H,9-10H2,1H3,(H,18,20)(H,21,22)/t11-,14?/m0/s1. The minimum atomic E-state index is -3.87. The minimum Gasteiger partial charge on any atom is -0.480 e. The summed E-state index contributed by atoms with van der Waals surface area (Å²) in [6.07, 6.45) is 0.193. The fourth-order valence-corrected chi connectivity index (χ4v) is 5.56. The molecule has 2 atom stereocenters. The average Bonchev–Trinajstić information content (AvgIpc) is 3.15. The second-order valence-electron chi connectivity index (χ2n) is 6.04. The predicted molar refractivity (Wildman–Crippen MR) is 96.2 cm³/mol. The molecule has 3 rings (SSSR count). The van der Waals surface area contributed by atoms with Gasteiger partial charge in [0.05, 0.1) is 0 Å². The Morgan fingerprint density at radius 1 is 1.23 bits per heavy atom. The summed E-state index contributed by atoms with van der Waals surface area (Å²) in [5.74, 6) is -1.79. The summed E-state index contributed by atoms with van der Waals surface area (Å²) < 4.78 is 27.4. The molecule has 2 N–H and O–H groups in total. The van der Waals surface area contributed by atoms with Crippen LogP contribution in [0.3, 0.4) is 0 Å². The van der Waals surface area contributed by atoms with E-state index in [2.05, 4.69) is 5.32 Å². The van der Waals surface area contributed by atoms with Crippen LogP contribution in [0.1, 0.15) is 18.1 Å². The number of aliphatic carboxylic acids is 1. The number of hydrogen-bond acceptors (Lipinski definition) is 5. The minimum absolute atomic E-state index is 0.0654. The van der Waals surface area contributed by atoms with Gasteiger partial charge in [0.2, 0.25) is 5.91 Å². The first-order chi connectivity index (χ1) is 12.3. The molecule has 2 heterocycles. The maximum absolute atomic E-state index is 13.0. The third-order valence-corrected chi connectivity index (χ3v) is 7.52. The van der Waals surface area contributed by atoms with Crippen molar-refractivity contribution in [2.75, 3.05) is 0 Å². The monoisotopic (exact) mass is 394 g/mol. The lowest BCUT2D eigenvalue weighted by molar-refractivity contribution is -0.141. The fourth-order valence-electron chi connectivity index (χ4n) is 2.87. The van der Waals surface area contributed by atoms with Gasteiger partial charge < -0.3 is 10.4 Å². The fraction of sp³-hybridized carbons (Fsp3) is 0.294. The summed E-state index contributed by atoms with van der Waals surface area (Å²) in [6.45, 7) is 1.41. The van der Waals surface area contributed by atoms with Crippen molar-refractivity contribution in [3.05, 3.63) is 52.9 Å². The van der Waals surface area contributed by atoms with Crippen LogP contribution in [0, 0.1) is 0 Å². The van der Waals surface area contributed by atoms with E-state index in [0.717, 1.165) is 26.8 Å². The Balaban J connectivity index is 1.98. The largest absolute Gasteiger partial charge is 0.480 e. The van der Waals surface area contributed by atoms with E-state index in [4.69, 9.17) is 5.11 Å². The van der Waals surface area contributed by atoms with Crippen molar-refractivity contribution < 1.29 is 23.1 Å². The van der Waals surface area contributed by atoms with E-state index in [1.165, 1.54) is 13.0 Å². The molecule has 1 amide bonds. The van der Waals surface area contributed by atoms with Gasteiger partial charge in [-0.25, -0.2) is 8.42 Å². The van der Waals surface area contributed by atoms with Gasteiger partial charge in [-0.3, -0.25) is 9.59 Å². The van der Waals surface area contributed by atoms with Crippen molar-refractivity contribution >= 4 is 33.2 Å². The van der Waals surface area contributed by atoms with Crippen LogP contribution in [0.5, 0.6) is 0 Å². The lowest BCUT2D eigenvalue weighted by Crippen LogP contribution is -2.54. The zero-order chi connectivity index (χ0) is 18.9. The molecule has 1 aliphatic rings. The van der Waals surface area contributed by atoms with Gasteiger partial charge in [-0.1, -0.05) is 30.3 Å². The number of rotatable bonds is 5. The highest BCUT2D eigenvalue weighted by Gasteiger charge is 2.40. The van der Waals surface area contributed by atoms with Crippen LogP contribution in [0.25, 0.3) is 0 Å². The van der Waals surface area contributed by atoms with Crippen LogP contribution < -0.4 is 5.32 Å². The third-order valence-electron chi connectivity index (χ3n) is 4.30. The zero-order valence-electron chi connectivity index (χ0n) is 14.0. The normalized spacial score (nSPS) is 18.7. The lowest BCUT2D eigenvalue weighted by Gasteiger charge is -2.35. The summed E-state index contributed by atoms with van der Waals surface area (Å²) >= 11 is 1.08. The number of hydrogen-bond donors (Lipinski definition) is 2. The van der Waals surface area contributed by atoms with E-state index >= 15 is 0 Å². The molecule has 9 heteroatoms. The van der Waals surface area contributed by atoms with E-state index in [-0.39, 0.29) is 17.2 Å². The zero-order valence-corrected chi connectivity index (χ0v) is 15.6. The first-order valence-electron chi connectivity index (χ1n) is 7.96. The summed E-state index contributed by atoms with van der Waals surface area (Å²) in [4.78, 5) is 23.7. The van der Waals surface area contributed by atoms with Gasteiger partial charge >= 0.3 is 5.97 Å². The highest BCUT2D eigenvalue weighted by Crippen LogP contribution is 2.30. The van der Waals surface area contributed by atoms with E-state index < -0.39 is 34.0 Å². The van der Waals surface area contributed by atoms with E-state index in [9.17, 15) is 18.0 Å². The topological polar surface area (TPSA) is 104 Å². The van der Waals surface area contributed by atoms with Crippen LogP contribution in [-0.4, -0.2) is 41.8 Å². The van der Waals surface area contributed by atoms with Crippen molar-refractivity contribution in [2.45, 2.75) is 36.2 Å². The molecule has 0 bridgehead atoms. The first-order valence-corrected chi connectivity index (χ1v) is 10.3. The van der Waals surface area contributed by atoms with Crippen molar-refractivity contribution in [1.82, 2.24) is 9.62 Å². The maximum atomic E-state index is 13.0. The van der Waals surface area contributed by atoms with Crippen molar-refractivity contribution in [1.29, 1.82) is 0 Å². The predicted octanol–water partition coefficient (Wildman–Crippen LogP) is 1.45. The molecule has 0 radical (unpaired) electrons. The molecule has 2 aromatic rings. The second kappa shape index (κ2) is 7.18. The number of nitrogens with one attached hydrogen (secondary N) is 1. The average molecular weight is 394 g/mol. The van der Waals surface area contributed by atoms with Gasteiger partial charge in [0.15, 0.2) is 0 Å². The Bertz CT molecular complexity index is 924. The van der Waals surface area contributed by atoms with Crippen LogP contribution in [-0.2, 0) is 32.6 Å². The summed E-state index contributed by atoms with van der Waals surface area (Å²) in [7, 11) is -3.87. The number of amides is 1. The molecule has 0 aliphatic carbocycles. The van der Waals surface area contributed by atoms with Crippen LogP contribution >= 0.6 is 11.3 Å². The number of carbonyl (C=O) groups excluding carboxylic acids is 1. The van der Waals surface area contributed by atoms with Gasteiger partial charge in [-0.2, -0.15) is 4.31 Å². The smallest absolute Gasteiger partial charge is 0.325 e. The number of nitrogens with zero attached hydrogens (tertiary/aromatic N) is 1. The molecule has 0 saturated carbocycles. The molecule has 1 unspecified atom stereocenters. The third kappa shape index (κ3) is 3.50. The van der Waals surface area contributed by atoms with Gasteiger partial charge in [0.25, 0.3) is 10.0 Å². The van der Waals surface area contributed by atoms with Crippen LogP contribution in [0.2, 0.25) is 0 Å². The highest BCUT2D eigenvalue weighted by molar-refractivity contribution is 7.91. The Labute approximate surface area is 155 Å². The van der Waals surface area contributed by atoms with Crippen molar-refractivity contribution in [3.63, 3.8) is 0 Å². The number of sulfonamides is 1. The molecule has 1 aromatic heterocycles. The summed E-state index contributed by atoms with van der Waals surface area (Å²) in [5, 5.41) is 13.1. The molecular weight excluding hydrogens is 376 g/mol. The molecule has 1 aromatic carbocycles. The number of benzene rings is 1. The van der Waals surface area contributed by atoms with Gasteiger partial charge in [0.1, 0.15) is 16.3 Å². The Kier molecular flexibility index (Phi) is 5.12. The molecule has 0 spiro atoms. The quantitative estimate of drug-likeness (QED) is 0.799. The number of thiophene rings is 1. The van der Waals surface area contributed by atoms with Crippen LogP contribution in [0.15, 0.2) is 46.0 Å². The highest BCUT2D eigenvalue weighted by atomic mass is 32.2. The van der Waals surface area contributed by atoms with E-state index in [0.29, 0.717) is 0 Å². The summed E-state index contributed by atoms with van der Waals surface area (Å²) in [5.41, 5.74) is 1.72. The number of carboxylic acid groups (broad SMARTS) is 1. The Morgan fingerprint density at radius 3 is 2.54 bits per heavy atom. The van der Waals surface area contributed by atoms with Gasteiger partial charge in [0, 0.05) is 6.54 Å². The van der Waals surface area contributed by atoms with E-state index in [1.807, 2.05) is 24.3 Å². The maximum Gasteiger partial charge on any atom is 0.325 e. The molecule has 1 aliphatic heterocycles. The SMILES string of the molecule is C[C@H](NC(=O)C1Cc2ccccc2CN1S(=O)(=O)c1cccs1)C(=O)O. The Hall–Kier alpha value is -2.23. The first kappa shape index (κ1) is 18.6. The number of carboxylic acids is 1. The lowest BCUT2D eigenvalue weighted by atomic mass is 9.95. The number of carbonyl (C=O) groups is 2. The number of fused-ring (bicyclic) bond motifs is 1. The molecule has 7 nitrogen and oxygen atoms in total. The van der Waals surface area contributed by atoms with Gasteiger partial charge in [-0.05, 0) is 35.9 Å². The molecule has 0 fully saturated rings. The Morgan fingerprint density at radius 2 is 1.92 bits per heavy atom. The molecule has 138 valence electrons. The summed E-state index contributed by atoms with van der Waals surface area (Å²) in [6, 6.07) is 8.36. The van der Waals surface area contributed by atoms with Crippen molar-refractivity contribution in [2.24, 2.45) is 0 Å². The molecule has 0 saturated heterocycles. The molecule has 26 heavy (non-hydrogen) atoms.